The van der Waals surface area contributed by atoms with Crippen LogP contribution in [0, 0.1) is 0 Å². The normalized spacial score (nSPS) is 10.0. The summed E-state index contributed by atoms with van der Waals surface area (Å²) in [6, 6.07) is 9.87. The molecule has 1 aromatic rings. The minimum atomic E-state index is -0.398. The van der Waals surface area contributed by atoms with E-state index in [-0.39, 0.29) is 5.88 Å². The number of hydrogen-bond acceptors (Lipinski definition) is 3. The van der Waals surface area contributed by atoms with E-state index >= 15 is 0 Å². The van der Waals surface area contributed by atoms with Crippen LogP contribution in [0.5, 0.6) is 0 Å². The number of anilines is 1. The van der Waals surface area contributed by atoms with E-state index in [4.69, 9.17) is 27.9 Å². The van der Waals surface area contributed by atoms with Gasteiger partial charge in [0.2, 0.25) is 0 Å². The Morgan fingerprint density at radius 2 is 1.88 bits per heavy atom. The van der Waals surface area contributed by atoms with Crippen molar-refractivity contribution in [1.82, 2.24) is 0 Å². The van der Waals surface area contributed by atoms with E-state index in [0.29, 0.717) is 25.6 Å². The molecule has 0 radical (unpaired) electrons. The fourth-order valence-electron chi connectivity index (χ4n) is 1.42. The van der Waals surface area contributed by atoms with E-state index in [1.807, 2.05) is 30.3 Å². The molecule has 0 aliphatic rings. The molecule has 0 spiro atoms. The number of halogens is 2. The maximum atomic E-state index is 10.9. The lowest BCUT2D eigenvalue weighted by Gasteiger charge is -2.23. The topological polar surface area (TPSA) is 29.5 Å². The molecule has 0 atom stereocenters. The van der Waals surface area contributed by atoms with Crippen molar-refractivity contribution < 1.29 is 9.53 Å². The van der Waals surface area contributed by atoms with E-state index in [1.54, 1.807) is 0 Å². The van der Waals surface area contributed by atoms with Gasteiger partial charge in [-0.15, -0.1) is 23.2 Å². The first-order valence-electron chi connectivity index (χ1n) is 5.35. The molecule has 1 aromatic carbocycles. The summed E-state index contributed by atoms with van der Waals surface area (Å²) in [6.45, 7) is 1.64. The Balaban J connectivity index is 2.47. The van der Waals surface area contributed by atoms with Crippen molar-refractivity contribution in [3.63, 3.8) is 0 Å². The Labute approximate surface area is 111 Å². The summed E-state index contributed by atoms with van der Waals surface area (Å²) < 4.78 is 4.93. The predicted octanol–water partition coefficient (Wildman–Crippen LogP) is 2.51. The number of para-hydroxylation sites is 1. The van der Waals surface area contributed by atoms with Gasteiger partial charge in [-0.3, -0.25) is 4.79 Å². The molecule has 0 amide bonds. The van der Waals surface area contributed by atoms with E-state index in [1.165, 1.54) is 0 Å². The second-order valence-electron chi connectivity index (χ2n) is 3.37. The minimum Gasteiger partial charge on any atom is -0.463 e. The molecule has 0 N–H and O–H groups in total. The van der Waals surface area contributed by atoms with Crippen LogP contribution in [0.1, 0.15) is 0 Å². The monoisotopic (exact) mass is 275 g/mol. The smallest absolute Gasteiger partial charge is 0.320 e. The quantitative estimate of drug-likeness (QED) is 0.566. The number of carbonyl (C=O) groups excluding carboxylic acids is 1. The number of esters is 1. The van der Waals surface area contributed by atoms with Crippen molar-refractivity contribution in [1.29, 1.82) is 0 Å². The molecule has 0 aliphatic heterocycles. The zero-order valence-corrected chi connectivity index (χ0v) is 11.0. The third kappa shape index (κ3) is 5.29. The third-order valence-corrected chi connectivity index (χ3v) is 2.60. The van der Waals surface area contributed by atoms with Gasteiger partial charge in [0.15, 0.2) is 0 Å². The largest absolute Gasteiger partial charge is 0.463 e. The van der Waals surface area contributed by atoms with E-state index in [9.17, 15) is 4.79 Å². The van der Waals surface area contributed by atoms with Gasteiger partial charge < -0.3 is 9.64 Å². The average molecular weight is 276 g/mol. The van der Waals surface area contributed by atoms with Gasteiger partial charge in [0, 0.05) is 18.1 Å². The van der Waals surface area contributed by atoms with E-state index in [0.717, 1.165) is 5.69 Å². The predicted molar refractivity (Wildman–Crippen MR) is 71.1 cm³/mol. The molecule has 1 rings (SSSR count). The number of carbonyl (C=O) groups is 1. The Morgan fingerprint density at radius 3 is 2.47 bits per heavy atom. The molecule has 5 heteroatoms. The number of nitrogens with zero attached hydrogens (tertiary/aromatic N) is 1. The molecule has 0 aromatic heterocycles. The van der Waals surface area contributed by atoms with Gasteiger partial charge in [-0.2, -0.15) is 0 Å². The van der Waals surface area contributed by atoms with E-state index in [2.05, 4.69) is 4.90 Å². The lowest BCUT2D eigenvalue weighted by atomic mass is 10.3. The molecule has 0 fully saturated rings. The molecule has 0 saturated heterocycles. The molecular formula is C12H15Cl2NO2. The highest BCUT2D eigenvalue weighted by Gasteiger charge is 2.06. The number of hydrogen-bond donors (Lipinski definition) is 0. The summed E-state index contributed by atoms with van der Waals surface area (Å²) in [4.78, 5) is 13.0. The van der Waals surface area contributed by atoms with Crippen molar-refractivity contribution in [2.24, 2.45) is 0 Å². The second kappa shape index (κ2) is 8.20. The molecule has 0 bridgehead atoms. The summed E-state index contributed by atoms with van der Waals surface area (Å²) >= 11 is 11.1. The Hall–Kier alpha value is -0.930. The highest BCUT2D eigenvalue weighted by atomic mass is 35.5. The SMILES string of the molecule is O=C(CCl)OCCN(CCCl)c1ccccc1. The minimum absolute atomic E-state index is 0.110. The van der Waals surface area contributed by atoms with Gasteiger partial charge in [0.25, 0.3) is 0 Å². The Morgan fingerprint density at radius 1 is 1.18 bits per heavy atom. The Bertz CT molecular complexity index is 333. The first-order chi connectivity index (χ1) is 8.27. The summed E-state index contributed by atoms with van der Waals surface area (Å²) in [6.07, 6.45) is 0. The first kappa shape index (κ1) is 14.1. The second-order valence-corrected chi connectivity index (χ2v) is 4.01. The van der Waals surface area contributed by atoms with Crippen molar-refractivity contribution in [3.8, 4) is 0 Å². The molecule has 0 heterocycles. The fraction of sp³-hybridized carbons (Fsp3) is 0.417. The van der Waals surface area contributed by atoms with Crippen LogP contribution in [0.25, 0.3) is 0 Å². The third-order valence-electron chi connectivity index (χ3n) is 2.21. The van der Waals surface area contributed by atoms with Gasteiger partial charge in [0.1, 0.15) is 12.5 Å². The zero-order valence-electron chi connectivity index (χ0n) is 9.44. The van der Waals surface area contributed by atoms with Gasteiger partial charge in [-0.1, -0.05) is 18.2 Å². The maximum Gasteiger partial charge on any atom is 0.320 e. The van der Waals surface area contributed by atoms with Gasteiger partial charge >= 0.3 is 5.97 Å². The van der Waals surface area contributed by atoms with Crippen LogP contribution in [-0.2, 0) is 9.53 Å². The highest BCUT2D eigenvalue weighted by molar-refractivity contribution is 6.26. The van der Waals surface area contributed by atoms with Gasteiger partial charge in [-0.05, 0) is 12.1 Å². The summed E-state index contributed by atoms with van der Waals surface area (Å²) in [5, 5.41) is 0. The molecule has 0 unspecified atom stereocenters. The van der Waals surface area contributed by atoms with Crippen molar-refractivity contribution in [2.45, 2.75) is 0 Å². The van der Waals surface area contributed by atoms with Crippen molar-refractivity contribution >= 4 is 34.9 Å². The van der Waals surface area contributed by atoms with Crippen molar-refractivity contribution in [3.05, 3.63) is 30.3 Å². The fourth-order valence-corrected chi connectivity index (χ4v) is 1.70. The summed E-state index contributed by atoms with van der Waals surface area (Å²) in [7, 11) is 0. The van der Waals surface area contributed by atoms with Crippen LogP contribution >= 0.6 is 23.2 Å². The molecule has 94 valence electrons. The molecule has 0 saturated carbocycles. The van der Waals surface area contributed by atoms with Crippen LogP contribution in [0.3, 0.4) is 0 Å². The number of benzene rings is 1. The average Bonchev–Trinajstić information content (AvgIpc) is 2.38. The number of rotatable bonds is 7. The number of ether oxygens (including phenoxy) is 1. The van der Waals surface area contributed by atoms with Crippen molar-refractivity contribution in [2.75, 3.05) is 36.4 Å². The van der Waals surface area contributed by atoms with Gasteiger partial charge in [-0.25, -0.2) is 0 Å². The molecule has 0 aliphatic carbocycles. The maximum absolute atomic E-state index is 10.9. The van der Waals surface area contributed by atoms with Crippen LogP contribution in [0.4, 0.5) is 5.69 Å². The lowest BCUT2D eigenvalue weighted by Crippen LogP contribution is -2.30. The van der Waals surface area contributed by atoms with Gasteiger partial charge in [0.05, 0.1) is 6.54 Å². The van der Waals surface area contributed by atoms with Crippen LogP contribution in [0.2, 0.25) is 0 Å². The van der Waals surface area contributed by atoms with Crippen LogP contribution in [0.15, 0.2) is 30.3 Å². The lowest BCUT2D eigenvalue weighted by molar-refractivity contribution is -0.140. The molecule has 3 nitrogen and oxygen atoms in total. The highest BCUT2D eigenvalue weighted by Crippen LogP contribution is 2.12. The van der Waals surface area contributed by atoms with Crippen LogP contribution < -0.4 is 4.90 Å². The van der Waals surface area contributed by atoms with E-state index < -0.39 is 5.97 Å². The molecular weight excluding hydrogens is 261 g/mol. The number of alkyl halides is 2. The summed E-state index contributed by atoms with van der Waals surface area (Å²) in [5.74, 6) is 0.0182. The Kier molecular flexibility index (Phi) is 6.82. The van der Waals surface area contributed by atoms with Crippen LogP contribution in [-0.4, -0.2) is 37.4 Å². The summed E-state index contributed by atoms with van der Waals surface area (Å²) in [5.41, 5.74) is 1.06. The standard InChI is InChI=1S/C12H15Cl2NO2/c13-6-7-15(8-9-17-12(16)10-14)11-4-2-1-3-5-11/h1-5H,6-10H2. The molecule has 17 heavy (non-hydrogen) atoms. The first-order valence-corrected chi connectivity index (χ1v) is 6.42. The zero-order chi connectivity index (χ0) is 12.5.